The van der Waals surface area contributed by atoms with E-state index < -0.39 is 24.7 Å². The summed E-state index contributed by atoms with van der Waals surface area (Å²) < 4.78 is 44.7. The zero-order valence-corrected chi connectivity index (χ0v) is 14.4. The molecule has 0 spiro atoms. The highest BCUT2D eigenvalue weighted by Crippen LogP contribution is 2.26. The first-order valence-corrected chi connectivity index (χ1v) is 8.40. The first-order valence-electron chi connectivity index (χ1n) is 8.40. The van der Waals surface area contributed by atoms with Gasteiger partial charge in [0.2, 0.25) is 0 Å². The number of carbonyl (C=O) groups is 1. The van der Waals surface area contributed by atoms with Gasteiger partial charge in [-0.2, -0.15) is 13.2 Å². The normalized spacial score (nSPS) is 11.4. The van der Waals surface area contributed by atoms with Gasteiger partial charge in [-0.15, -0.1) is 5.10 Å². The van der Waals surface area contributed by atoms with E-state index in [0.29, 0.717) is 18.7 Å². The third-order valence-corrected chi connectivity index (χ3v) is 3.58. The predicted molar refractivity (Wildman–Crippen MR) is 89.4 cm³/mol. The maximum atomic E-state index is 12.9. The average molecular weight is 370 g/mol. The molecule has 26 heavy (non-hydrogen) atoms. The van der Waals surface area contributed by atoms with E-state index in [1.807, 2.05) is 6.92 Å². The van der Waals surface area contributed by atoms with Crippen molar-refractivity contribution in [1.29, 1.82) is 0 Å². The molecule has 0 aliphatic carbocycles. The van der Waals surface area contributed by atoms with Crippen LogP contribution in [0.1, 0.15) is 44.3 Å². The van der Waals surface area contributed by atoms with Crippen LogP contribution in [0.2, 0.25) is 0 Å². The second-order valence-corrected chi connectivity index (χ2v) is 5.70. The van der Waals surface area contributed by atoms with Crippen LogP contribution in [0, 0.1) is 0 Å². The second kappa shape index (κ2) is 9.21. The summed E-state index contributed by atoms with van der Waals surface area (Å²) in [7, 11) is 0. The number of aromatic nitrogens is 3. The topological polar surface area (TPSA) is 69.0 Å². The van der Waals surface area contributed by atoms with E-state index in [9.17, 15) is 18.0 Å². The van der Waals surface area contributed by atoms with Crippen LogP contribution >= 0.6 is 0 Å². The lowest BCUT2D eigenvalue weighted by molar-refractivity contribution is -0.145. The molecule has 0 bridgehead atoms. The lowest BCUT2D eigenvalue weighted by Gasteiger charge is -2.08. The third-order valence-electron chi connectivity index (χ3n) is 3.58. The molecular formula is C17H21F3N4O2. The molecular weight excluding hydrogens is 349 g/mol. The zero-order valence-electron chi connectivity index (χ0n) is 14.4. The predicted octanol–water partition coefficient (Wildman–Crippen LogP) is 4.63. The summed E-state index contributed by atoms with van der Waals surface area (Å²) in [6.45, 7) is 1.94. The molecule has 0 saturated carbocycles. The lowest BCUT2D eigenvalue weighted by atomic mass is 10.2. The summed E-state index contributed by atoms with van der Waals surface area (Å²) in [4.78, 5) is 15.3. The van der Waals surface area contributed by atoms with Crippen LogP contribution in [0.25, 0.3) is 0 Å². The van der Waals surface area contributed by atoms with Crippen LogP contribution in [-0.4, -0.2) is 20.9 Å². The second-order valence-electron chi connectivity index (χ2n) is 5.70. The molecule has 1 aromatic carbocycles. The van der Waals surface area contributed by atoms with Gasteiger partial charge < -0.3 is 4.74 Å². The maximum absolute atomic E-state index is 12.9. The number of hydrogen-bond acceptors (Lipinski definition) is 4. The maximum Gasteiger partial charge on any atom is 0.453 e. The summed E-state index contributed by atoms with van der Waals surface area (Å²) >= 11 is 0. The molecule has 0 aliphatic heterocycles. The summed E-state index contributed by atoms with van der Waals surface area (Å²) in [6, 6.07) is 8.59. The van der Waals surface area contributed by atoms with Gasteiger partial charge in [-0.25, -0.2) is 14.5 Å². The molecule has 0 radical (unpaired) electrons. The zero-order chi connectivity index (χ0) is 19.0. The van der Waals surface area contributed by atoms with Gasteiger partial charge >= 0.3 is 12.3 Å². The quantitative estimate of drug-likeness (QED) is 0.688. The number of para-hydroxylation sites is 1. The fourth-order valence-electron chi connectivity index (χ4n) is 2.27. The number of amides is 1. The van der Waals surface area contributed by atoms with Crippen LogP contribution in [0.5, 0.6) is 0 Å². The Morgan fingerprint density at radius 1 is 1.19 bits per heavy atom. The van der Waals surface area contributed by atoms with E-state index >= 15 is 0 Å². The number of halogens is 3. The number of alkyl halides is 3. The number of carbonyl (C=O) groups excluding carboxylic acids is 1. The van der Waals surface area contributed by atoms with Gasteiger partial charge in [0.1, 0.15) is 0 Å². The van der Waals surface area contributed by atoms with Gasteiger partial charge in [0.15, 0.2) is 12.4 Å². The van der Waals surface area contributed by atoms with Crippen molar-refractivity contribution in [2.24, 2.45) is 0 Å². The monoisotopic (exact) mass is 370 g/mol. The summed E-state index contributed by atoms with van der Waals surface area (Å²) in [5.41, 5.74) is 0.523. The van der Waals surface area contributed by atoms with Crippen molar-refractivity contribution in [3.8, 4) is 0 Å². The molecule has 0 atom stereocenters. The highest BCUT2D eigenvalue weighted by Gasteiger charge is 2.37. The van der Waals surface area contributed by atoms with E-state index in [1.54, 1.807) is 30.3 Å². The number of unbranched alkanes of at least 4 members (excludes halogenated alkanes) is 3. The average Bonchev–Trinajstić information content (AvgIpc) is 3.01. The van der Waals surface area contributed by atoms with Crippen LogP contribution < -0.4 is 5.32 Å². The molecule has 2 aromatic rings. The summed E-state index contributed by atoms with van der Waals surface area (Å²) in [5, 5.41) is 6.00. The van der Waals surface area contributed by atoms with E-state index in [1.165, 1.54) is 0 Å². The molecule has 0 fully saturated rings. The van der Waals surface area contributed by atoms with Crippen molar-refractivity contribution in [2.45, 2.75) is 51.9 Å². The number of anilines is 1. The molecule has 1 amide bonds. The molecule has 0 unspecified atom stereocenters. The SMILES string of the molecule is CCCCCCn1nc(C(F)(F)F)nc1COC(=O)Nc1ccccc1. The van der Waals surface area contributed by atoms with Crippen molar-refractivity contribution in [1.82, 2.24) is 14.8 Å². The number of nitrogens with zero attached hydrogens (tertiary/aromatic N) is 3. The Hall–Kier alpha value is -2.58. The Balaban J connectivity index is 1.99. The lowest BCUT2D eigenvalue weighted by Crippen LogP contribution is -2.16. The van der Waals surface area contributed by atoms with Gasteiger partial charge in [0, 0.05) is 12.2 Å². The molecule has 1 N–H and O–H groups in total. The molecule has 142 valence electrons. The first kappa shape index (κ1) is 19.7. The highest BCUT2D eigenvalue weighted by molar-refractivity contribution is 5.84. The van der Waals surface area contributed by atoms with Crippen LogP contribution in [0.15, 0.2) is 30.3 Å². The molecule has 1 heterocycles. The number of hydrogen-bond donors (Lipinski definition) is 1. The van der Waals surface area contributed by atoms with Gasteiger partial charge in [-0.1, -0.05) is 44.4 Å². The van der Waals surface area contributed by atoms with Crippen molar-refractivity contribution in [3.05, 3.63) is 42.0 Å². The number of nitrogens with one attached hydrogen (secondary N) is 1. The first-order chi connectivity index (χ1) is 12.4. The minimum absolute atomic E-state index is 0.0305. The third kappa shape index (κ3) is 6.05. The smallest absolute Gasteiger partial charge is 0.441 e. The number of rotatable bonds is 8. The van der Waals surface area contributed by atoms with E-state index in [4.69, 9.17) is 4.74 Å². The Morgan fingerprint density at radius 3 is 2.58 bits per heavy atom. The fraction of sp³-hybridized carbons (Fsp3) is 0.471. The van der Waals surface area contributed by atoms with Gasteiger partial charge in [-0.05, 0) is 18.6 Å². The van der Waals surface area contributed by atoms with Crippen LogP contribution in [-0.2, 0) is 24.1 Å². The number of aryl methyl sites for hydroxylation is 1. The fourth-order valence-corrected chi connectivity index (χ4v) is 2.27. The summed E-state index contributed by atoms with van der Waals surface area (Å²) in [6.07, 6.45) is -1.85. The number of ether oxygens (including phenoxy) is 1. The van der Waals surface area contributed by atoms with E-state index in [2.05, 4.69) is 15.4 Å². The Bertz CT molecular complexity index is 702. The Labute approximate surface area is 149 Å². The largest absolute Gasteiger partial charge is 0.453 e. The molecule has 0 aliphatic rings. The van der Waals surface area contributed by atoms with Crippen LogP contribution in [0.3, 0.4) is 0 Å². The minimum Gasteiger partial charge on any atom is -0.441 e. The van der Waals surface area contributed by atoms with E-state index in [-0.39, 0.29) is 5.82 Å². The van der Waals surface area contributed by atoms with Gasteiger partial charge in [-0.3, -0.25) is 5.32 Å². The molecule has 6 nitrogen and oxygen atoms in total. The Kier molecular flexibility index (Phi) is 6.99. The van der Waals surface area contributed by atoms with Crippen molar-refractivity contribution >= 4 is 11.8 Å². The molecule has 0 saturated heterocycles. The standard InChI is InChI=1S/C17H21F3N4O2/c1-2-3-4-8-11-24-14(22-15(23-24)17(18,19)20)12-26-16(25)21-13-9-6-5-7-10-13/h5-7,9-10H,2-4,8,11-12H2,1H3,(H,21,25). The molecule has 1 aromatic heterocycles. The van der Waals surface area contributed by atoms with Crippen molar-refractivity contribution < 1.29 is 22.7 Å². The molecule has 9 heteroatoms. The Morgan fingerprint density at radius 2 is 1.92 bits per heavy atom. The van der Waals surface area contributed by atoms with Crippen LogP contribution in [0.4, 0.5) is 23.7 Å². The van der Waals surface area contributed by atoms with Crippen molar-refractivity contribution in [3.63, 3.8) is 0 Å². The highest BCUT2D eigenvalue weighted by atomic mass is 19.4. The van der Waals surface area contributed by atoms with Crippen molar-refractivity contribution in [2.75, 3.05) is 5.32 Å². The minimum atomic E-state index is -4.64. The summed E-state index contributed by atoms with van der Waals surface area (Å²) in [5.74, 6) is -1.26. The van der Waals surface area contributed by atoms with Gasteiger partial charge in [0.05, 0.1) is 0 Å². The van der Waals surface area contributed by atoms with E-state index in [0.717, 1.165) is 23.9 Å². The molecule has 2 rings (SSSR count). The van der Waals surface area contributed by atoms with Gasteiger partial charge in [0.25, 0.3) is 5.82 Å². The number of benzene rings is 1.